The van der Waals surface area contributed by atoms with Crippen molar-refractivity contribution in [2.45, 2.75) is 18.7 Å². The average Bonchev–Trinajstić information content (AvgIpc) is 3.22. The molecule has 0 bridgehead atoms. The number of carbonyl (C=O) groups is 1. The molecule has 3 rings (SSSR count). The molecular formula is C23H25N3O7S3. The molecule has 3 aromatic rings. The van der Waals surface area contributed by atoms with Gasteiger partial charge in [-0.1, -0.05) is 51.4 Å². The van der Waals surface area contributed by atoms with E-state index in [0.29, 0.717) is 17.2 Å². The molecule has 10 nitrogen and oxygen atoms in total. The Morgan fingerprint density at radius 1 is 1.03 bits per heavy atom. The molecule has 2 aromatic carbocycles. The van der Waals surface area contributed by atoms with Crippen molar-refractivity contribution in [2.75, 3.05) is 30.5 Å². The second-order valence-corrected chi connectivity index (χ2v) is 12.3. The van der Waals surface area contributed by atoms with Crippen LogP contribution >= 0.6 is 21.6 Å². The number of aromatic nitrogens is 2. The van der Waals surface area contributed by atoms with Crippen LogP contribution in [0.1, 0.15) is 11.3 Å². The molecule has 0 unspecified atom stereocenters. The molecule has 0 aliphatic carbocycles. The van der Waals surface area contributed by atoms with Crippen LogP contribution in [-0.4, -0.2) is 59.7 Å². The van der Waals surface area contributed by atoms with Crippen molar-refractivity contribution in [1.82, 2.24) is 9.78 Å². The highest BCUT2D eigenvalue weighted by atomic mass is 33.1. The van der Waals surface area contributed by atoms with E-state index in [-0.39, 0.29) is 18.1 Å². The molecule has 0 saturated carbocycles. The molecule has 0 atom stereocenters. The van der Waals surface area contributed by atoms with E-state index >= 15 is 0 Å². The zero-order valence-corrected chi connectivity index (χ0v) is 22.1. The summed E-state index contributed by atoms with van der Waals surface area (Å²) in [7, 11) is -1.21. The van der Waals surface area contributed by atoms with Gasteiger partial charge in [0.1, 0.15) is 13.2 Å². The minimum absolute atomic E-state index is 0.0136. The number of benzene rings is 2. The average molecular weight is 552 g/mol. The van der Waals surface area contributed by atoms with E-state index in [4.69, 9.17) is 4.74 Å². The van der Waals surface area contributed by atoms with Crippen LogP contribution in [0, 0.1) is 24.0 Å². The van der Waals surface area contributed by atoms with Crippen molar-refractivity contribution in [2.24, 2.45) is 0 Å². The Labute approximate surface area is 216 Å². The molecular weight excluding hydrogens is 526 g/mol. The smallest absolute Gasteiger partial charge is 0.321 e. The lowest BCUT2D eigenvalue weighted by Crippen LogP contribution is -2.19. The Kier molecular flexibility index (Phi) is 9.79. The summed E-state index contributed by atoms with van der Waals surface area (Å²) < 4.78 is 32.1. The van der Waals surface area contributed by atoms with Gasteiger partial charge in [0.2, 0.25) is 0 Å². The summed E-state index contributed by atoms with van der Waals surface area (Å²) in [5, 5.41) is 13.7. The number of nitrogens with zero attached hydrogens (tertiary/aromatic N) is 3. The Hall–Kier alpha value is -3.03. The van der Waals surface area contributed by atoms with E-state index in [1.165, 1.54) is 33.7 Å². The molecule has 0 saturated heterocycles. The van der Waals surface area contributed by atoms with Gasteiger partial charge in [0.05, 0.1) is 22.0 Å². The van der Waals surface area contributed by atoms with Crippen LogP contribution < -0.4 is 0 Å². The van der Waals surface area contributed by atoms with Crippen LogP contribution in [0.5, 0.6) is 0 Å². The molecule has 1 heterocycles. The van der Waals surface area contributed by atoms with Gasteiger partial charge >= 0.3 is 5.97 Å². The van der Waals surface area contributed by atoms with Crippen LogP contribution in [0.3, 0.4) is 0 Å². The molecule has 36 heavy (non-hydrogen) atoms. The van der Waals surface area contributed by atoms with Gasteiger partial charge in [-0.2, -0.15) is 5.10 Å². The summed E-state index contributed by atoms with van der Waals surface area (Å²) in [6.45, 7) is 3.90. The van der Waals surface area contributed by atoms with E-state index in [1.807, 2.05) is 44.2 Å². The van der Waals surface area contributed by atoms with E-state index in [2.05, 4.69) is 9.94 Å². The van der Waals surface area contributed by atoms with Gasteiger partial charge in [-0.3, -0.25) is 4.79 Å². The predicted molar refractivity (Wildman–Crippen MR) is 139 cm³/mol. The van der Waals surface area contributed by atoms with E-state index in [0.717, 1.165) is 22.5 Å². The molecule has 13 heteroatoms. The van der Waals surface area contributed by atoms with Gasteiger partial charge in [-0.15, -0.1) is 10.1 Å². The number of hydrogen-bond donors (Lipinski definition) is 0. The lowest BCUT2D eigenvalue weighted by atomic mass is 10.1. The highest BCUT2D eigenvalue weighted by Gasteiger charge is 2.21. The van der Waals surface area contributed by atoms with E-state index < -0.39 is 26.6 Å². The maximum absolute atomic E-state index is 12.7. The molecule has 0 amide bonds. The first kappa shape index (κ1) is 27.6. The molecule has 0 N–H and O–H groups in total. The molecule has 0 fully saturated rings. The molecule has 192 valence electrons. The Morgan fingerprint density at radius 2 is 1.67 bits per heavy atom. The van der Waals surface area contributed by atoms with Crippen LogP contribution in [-0.2, 0) is 24.2 Å². The third kappa shape index (κ3) is 8.00. The number of hydrogen-bond acceptors (Lipinski definition) is 10. The Bertz CT molecular complexity index is 1290. The SMILES string of the molecule is Cc1ccc(-c2cc(C)nn2-c2ccc(S(=O)(=O)CC(=O)OCCSSCCO[N+](=O)[O-])cc2)cc1. The fraction of sp³-hybridized carbons (Fsp3) is 0.304. The molecule has 0 aliphatic heterocycles. The van der Waals surface area contributed by atoms with Gasteiger partial charge in [-0.25, -0.2) is 13.1 Å². The van der Waals surface area contributed by atoms with Crippen molar-refractivity contribution < 1.29 is 27.9 Å². The second-order valence-electron chi connectivity index (χ2n) is 7.62. The number of ether oxygens (including phenoxy) is 1. The number of aryl methyl sites for hydroxylation is 2. The van der Waals surface area contributed by atoms with Crippen molar-refractivity contribution in [3.05, 3.63) is 76.0 Å². The van der Waals surface area contributed by atoms with Crippen molar-refractivity contribution in [3.63, 3.8) is 0 Å². The van der Waals surface area contributed by atoms with Crippen LogP contribution in [0.25, 0.3) is 16.9 Å². The van der Waals surface area contributed by atoms with Crippen molar-refractivity contribution in [1.29, 1.82) is 0 Å². The maximum Gasteiger partial charge on any atom is 0.321 e. The molecule has 1 aromatic heterocycles. The topological polar surface area (TPSA) is 131 Å². The summed E-state index contributed by atoms with van der Waals surface area (Å²) in [6, 6.07) is 16.2. The monoisotopic (exact) mass is 551 g/mol. The molecule has 0 radical (unpaired) electrons. The normalized spacial score (nSPS) is 11.3. The number of sulfone groups is 1. The first-order chi connectivity index (χ1) is 17.2. The summed E-state index contributed by atoms with van der Waals surface area (Å²) in [4.78, 5) is 26.3. The van der Waals surface area contributed by atoms with Crippen LogP contribution in [0.2, 0.25) is 0 Å². The minimum atomic E-state index is -3.88. The highest BCUT2D eigenvalue weighted by Crippen LogP contribution is 2.25. The molecule has 0 aliphatic rings. The van der Waals surface area contributed by atoms with Gasteiger partial charge in [0, 0.05) is 17.1 Å². The summed E-state index contributed by atoms with van der Waals surface area (Å²) >= 11 is 0. The minimum Gasteiger partial charge on any atom is -0.464 e. The summed E-state index contributed by atoms with van der Waals surface area (Å²) in [5.74, 6) is -0.799. The highest BCUT2D eigenvalue weighted by molar-refractivity contribution is 8.76. The zero-order chi connectivity index (χ0) is 26.1. The number of carbonyl (C=O) groups excluding carboxylic acids is 1. The van der Waals surface area contributed by atoms with Crippen LogP contribution in [0.15, 0.2) is 59.5 Å². The fourth-order valence-electron chi connectivity index (χ4n) is 3.15. The largest absolute Gasteiger partial charge is 0.464 e. The number of esters is 1. The van der Waals surface area contributed by atoms with Crippen molar-refractivity contribution >= 4 is 37.4 Å². The quantitative estimate of drug-likeness (QED) is 0.101. The van der Waals surface area contributed by atoms with Crippen molar-refractivity contribution in [3.8, 4) is 16.9 Å². The first-order valence-electron chi connectivity index (χ1n) is 10.8. The van der Waals surface area contributed by atoms with E-state index in [1.54, 1.807) is 16.8 Å². The summed E-state index contributed by atoms with van der Waals surface area (Å²) in [5.41, 5.74) is 4.53. The van der Waals surface area contributed by atoms with Gasteiger partial charge in [0.15, 0.2) is 15.6 Å². The van der Waals surface area contributed by atoms with Gasteiger partial charge in [-0.05, 0) is 44.2 Å². The standard InChI is InChI=1S/C23H25N3O7S3/c1-17-3-5-19(6-4-17)22-15-18(2)24-25(22)20-7-9-21(10-8-20)36(30,31)16-23(27)32-11-13-34-35-14-12-33-26(28)29/h3-10,15H,11-14,16H2,1-2H3. The first-order valence-corrected chi connectivity index (χ1v) is 14.9. The number of rotatable bonds is 13. The fourth-order valence-corrected chi connectivity index (χ4v) is 5.91. The van der Waals surface area contributed by atoms with Crippen LogP contribution in [0.4, 0.5) is 0 Å². The predicted octanol–water partition coefficient (Wildman–Crippen LogP) is 4.06. The lowest BCUT2D eigenvalue weighted by molar-refractivity contribution is -0.756. The van der Waals surface area contributed by atoms with Gasteiger partial charge in [0.25, 0.3) is 5.09 Å². The molecule has 0 spiro atoms. The summed E-state index contributed by atoms with van der Waals surface area (Å²) in [6.07, 6.45) is 0. The Balaban J connectivity index is 1.55. The lowest BCUT2D eigenvalue weighted by Gasteiger charge is -2.10. The second kappa shape index (κ2) is 12.8. The maximum atomic E-state index is 12.7. The van der Waals surface area contributed by atoms with Gasteiger partial charge < -0.3 is 9.57 Å². The third-order valence-corrected chi connectivity index (χ3v) is 8.74. The van der Waals surface area contributed by atoms with E-state index in [9.17, 15) is 23.3 Å². The third-order valence-electron chi connectivity index (χ3n) is 4.80. The zero-order valence-electron chi connectivity index (χ0n) is 19.7. The Morgan fingerprint density at radius 3 is 2.31 bits per heavy atom.